The predicted molar refractivity (Wildman–Crippen MR) is 147 cm³/mol. The van der Waals surface area contributed by atoms with Gasteiger partial charge in [0.2, 0.25) is 18.2 Å². The highest BCUT2D eigenvalue weighted by atomic mass is 32.1. The summed E-state index contributed by atoms with van der Waals surface area (Å²) in [5.41, 5.74) is 6.32. The Labute approximate surface area is 233 Å². The van der Waals surface area contributed by atoms with Gasteiger partial charge in [0, 0.05) is 34.3 Å². The van der Waals surface area contributed by atoms with E-state index in [0.717, 1.165) is 4.88 Å². The van der Waals surface area contributed by atoms with Gasteiger partial charge in [-0.1, -0.05) is 18.2 Å². The maximum atomic E-state index is 13.1. The van der Waals surface area contributed by atoms with E-state index in [4.69, 9.17) is 15.9 Å². The number of para-hydroxylation sites is 1. The first kappa shape index (κ1) is 28.7. The number of alkyl halides is 2. The van der Waals surface area contributed by atoms with Crippen molar-refractivity contribution in [3.8, 4) is 11.5 Å². The van der Waals surface area contributed by atoms with E-state index in [0.29, 0.717) is 22.6 Å². The Bertz CT molecular complexity index is 1350. The molecule has 0 radical (unpaired) electrons. The number of halogens is 2. The average molecular weight is 570 g/mol. The number of nitrogen functional groups attached to an aromatic ring is 1. The van der Waals surface area contributed by atoms with Crippen LogP contribution in [-0.2, 0) is 16.1 Å². The van der Waals surface area contributed by atoms with Crippen LogP contribution in [0.1, 0.15) is 33.6 Å². The van der Waals surface area contributed by atoms with Crippen molar-refractivity contribution in [2.45, 2.75) is 31.9 Å². The number of carbonyl (C=O) groups excluding carboxylic acids is 3. The molecule has 40 heavy (non-hydrogen) atoms. The largest absolute Gasteiger partial charge is 0.457 e. The summed E-state index contributed by atoms with van der Waals surface area (Å²) in [7, 11) is 0. The fraction of sp³-hybridized carbons (Fsp3) is 0.286. The van der Waals surface area contributed by atoms with Crippen LogP contribution < -0.4 is 21.1 Å². The highest BCUT2D eigenvalue weighted by Crippen LogP contribution is 2.29. The lowest BCUT2D eigenvalue weighted by molar-refractivity contribution is -0.137. The molecule has 9 nitrogen and oxygen atoms in total. The molecule has 2 atom stereocenters. The third-order valence-corrected chi connectivity index (χ3v) is 7.36. The van der Waals surface area contributed by atoms with Crippen molar-refractivity contribution >= 4 is 34.9 Å². The number of amides is 3. The second-order valence-corrected chi connectivity index (χ2v) is 10.3. The molecule has 12 heteroatoms. The van der Waals surface area contributed by atoms with Crippen LogP contribution in [0.3, 0.4) is 0 Å². The smallest absolute Gasteiger partial charge is 0.251 e. The Kier molecular flexibility index (Phi) is 9.43. The van der Waals surface area contributed by atoms with E-state index in [1.165, 1.54) is 16.2 Å². The van der Waals surface area contributed by atoms with E-state index in [9.17, 15) is 23.2 Å². The first-order valence-electron chi connectivity index (χ1n) is 12.6. The molecule has 2 heterocycles. The number of rotatable bonds is 11. The monoisotopic (exact) mass is 569 g/mol. The van der Waals surface area contributed by atoms with E-state index < -0.39 is 42.5 Å². The Balaban J connectivity index is 1.34. The lowest BCUT2D eigenvalue weighted by Crippen LogP contribution is -2.48. The molecule has 210 valence electrons. The van der Waals surface area contributed by atoms with Crippen LogP contribution in [0.25, 0.3) is 0 Å². The van der Waals surface area contributed by atoms with Gasteiger partial charge in [-0.05, 0) is 54.8 Å². The molecule has 1 aliphatic heterocycles. The van der Waals surface area contributed by atoms with Crippen LogP contribution in [0.15, 0.2) is 66.0 Å². The predicted octanol–water partition coefficient (Wildman–Crippen LogP) is 3.74. The number of nitrogens with zero attached hydrogens (tertiary/aromatic N) is 1. The SMILES string of the molecule is N=C(N)c1csc(CNC(=O)C2CC(CC(F)F)CN2C(=O)CNC(=O)c2ccc(Oc3ccccc3)cc2)c1. The van der Waals surface area contributed by atoms with Crippen LogP contribution in [0.5, 0.6) is 11.5 Å². The van der Waals surface area contributed by atoms with Crippen molar-refractivity contribution < 1.29 is 27.9 Å². The fourth-order valence-corrected chi connectivity index (χ4v) is 5.26. The number of hydrogen-bond donors (Lipinski definition) is 4. The maximum absolute atomic E-state index is 13.1. The fourth-order valence-electron chi connectivity index (χ4n) is 4.43. The molecule has 0 spiro atoms. The lowest BCUT2D eigenvalue weighted by atomic mass is 10.0. The zero-order valence-electron chi connectivity index (χ0n) is 21.4. The number of thiophene rings is 1. The lowest BCUT2D eigenvalue weighted by Gasteiger charge is -2.24. The average Bonchev–Trinajstić information content (AvgIpc) is 3.59. The van der Waals surface area contributed by atoms with Crippen LogP contribution in [0.4, 0.5) is 8.78 Å². The topological polar surface area (TPSA) is 138 Å². The number of likely N-dealkylation sites (tertiary alicyclic amines) is 1. The standard InChI is InChI=1S/C28H29F2N5O4S/c29-24(30)11-17-10-23(28(38)33-13-22-12-19(16-40-22)26(31)32)35(15-17)25(36)14-34-27(37)18-6-8-21(9-7-18)39-20-4-2-1-3-5-20/h1-9,12,16-17,23-24H,10-11,13-15H2,(H3,31,32)(H,33,38)(H,34,37). The first-order valence-corrected chi connectivity index (χ1v) is 13.5. The molecule has 4 rings (SSSR count). The van der Waals surface area contributed by atoms with Crippen LogP contribution in [0, 0.1) is 11.3 Å². The van der Waals surface area contributed by atoms with Gasteiger partial charge in [0.15, 0.2) is 0 Å². The van der Waals surface area contributed by atoms with Crippen molar-refractivity contribution in [3.05, 3.63) is 82.0 Å². The Morgan fingerprint density at radius 1 is 1.05 bits per heavy atom. The highest BCUT2D eigenvalue weighted by Gasteiger charge is 2.40. The minimum absolute atomic E-state index is 0.00383. The van der Waals surface area contributed by atoms with Gasteiger partial charge >= 0.3 is 0 Å². The molecule has 0 bridgehead atoms. The minimum atomic E-state index is -2.56. The summed E-state index contributed by atoms with van der Waals surface area (Å²) >= 11 is 1.32. The molecule has 0 aliphatic carbocycles. The van der Waals surface area contributed by atoms with Crippen molar-refractivity contribution in [2.75, 3.05) is 13.1 Å². The van der Waals surface area contributed by atoms with E-state index >= 15 is 0 Å². The van der Waals surface area contributed by atoms with Crippen molar-refractivity contribution in [1.29, 1.82) is 5.41 Å². The van der Waals surface area contributed by atoms with Gasteiger partial charge in [-0.25, -0.2) is 8.78 Å². The number of amidine groups is 1. The number of nitrogens with one attached hydrogen (secondary N) is 3. The van der Waals surface area contributed by atoms with Gasteiger partial charge in [0.1, 0.15) is 23.4 Å². The van der Waals surface area contributed by atoms with E-state index in [1.807, 2.05) is 18.2 Å². The summed E-state index contributed by atoms with van der Waals surface area (Å²) in [4.78, 5) is 40.7. The second kappa shape index (κ2) is 13.2. The summed E-state index contributed by atoms with van der Waals surface area (Å²) < 4.78 is 31.9. The van der Waals surface area contributed by atoms with E-state index in [1.54, 1.807) is 47.8 Å². The number of nitrogens with two attached hydrogens (primary N) is 1. The van der Waals surface area contributed by atoms with Crippen molar-refractivity contribution in [3.63, 3.8) is 0 Å². The highest BCUT2D eigenvalue weighted by molar-refractivity contribution is 7.10. The van der Waals surface area contributed by atoms with Gasteiger partial charge < -0.3 is 26.0 Å². The molecule has 2 aromatic carbocycles. The van der Waals surface area contributed by atoms with Gasteiger partial charge in [-0.15, -0.1) is 11.3 Å². The van der Waals surface area contributed by atoms with Gasteiger partial charge in [0.25, 0.3) is 5.91 Å². The molecule has 0 saturated carbocycles. The quantitative estimate of drug-likeness (QED) is 0.206. The molecule has 3 amide bonds. The first-order chi connectivity index (χ1) is 19.2. The van der Waals surface area contributed by atoms with Gasteiger partial charge in [-0.2, -0.15) is 0 Å². The van der Waals surface area contributed by atoms with Crippen LogP contribution >= 0.6 is 11.3 Å². The molecule has 1 fully saturated rings. The summed E-state index contributed by atoms with van der Waals surface area (Å²) in [5.74, 6) is -0.950. The Hall–Kier alpha value is -4.32. The third-order valence-electron chi connectivity index (χ3n) is 6.42. The molecular weight excluding hydrogens is 540 g/mol. The van der Waals surface area contributed by atoms with Crippen molar-refractivity contribution in [1.82, 2.24) is 15.5 Å². The Morgan fingerprint density at radius 2 is 1.75 bits per heavy atom. The molecule has 1 aromatic heterocycles. The molecule has 1 aliphatic rings. The number of hydrogen-bond acceptors (Lipinski definition) is 6. The molecule has 2 unspecified atom stereocenters. The zero-order valence-corrected chi connectivity index (χ0v) is 22.3. The molecule has 3 aromatic rings. The van der Waals surface area contributed by atoms with Crippen LogP contribution in [-0.4, -0.2) is 54.0 Å². The van der Waals surface area contributed by atoms with Crippen LogP contribution in [0.2, 0.25) is 0 Å². The van der Waals surface area contributed by atoms with E-state index in [2.05, 4.69) is 10.6 Å². The maximum Gasteiger partial charge on any atom is 0.251 e. The summed E-state index contributed by atoms with van der Waals surface area (Å²) in [5, 5.41) is 14.5. The number of ether oxygens (including phenoxy) is 1. The molecule has 1 saturated heterocycles. The summed E-state index contributed by atoms with van der Waals surface area (Å²) in [6.07, 6.45) is -2.89. The number of benzene rings is 2. The molecule has 5 N–H and O–H groups in total. The van der Waals surface area contributed by atoms with Gasteiger partial charge in [0.05, 0.1) is 13.1 Å². The Morgan fingerprint density at radius 3 is 2.40 bits per heavy atom. The summed E-state index contributed by atoms with van der Waals surface area (Å²) in [6, 6.07) is 16.3. The second-order valence-electron chi connectivity index (χ2n) is 9.35. The zero-order chi connectivity index (χ0) is 28.6. The van der Waals surface area contributed by atoms with Crippen molar-refractivity contribution in [2.24, 2.45) is 11.7 Å². The third kappa shape index (κ3) is 7.63. The summed E-state index contributed by atoms with van der Waals surface area (Å²) in [6.45, 7) is -0.245. The minimum Gasteiger partial charge on any atom is -0.457 e. The normalized spacial score (nSPS) is 16.5. The number of carbonyl (C=O) groups is 3. The molecular formula is C28H29F2N5O4S. The van der Waals surface area contributed by atoms with Gasteiger partial charge in [-0.3, -0.25) is 19.8 Å². The van der Waals surface area contributed by atoms with E-state index in [-0.39, 0.29) is 31.9 Å².